The monoisotopic (exact) mass is 734 g/mol. The number of nitrogens with zero attached hydrogens (tertiary/aromatic N) is 4. The molecule has 6 nitrogen and oxygen atoms in total. The fourth-order valence-corrected chi connectivity index (χ4v) is 8.67. The number of pyridine rings is 1. The molecule has 0 saturated carbocycles. The molecule has 0 bridgehead atoms. The zero-order chi connectivity index (χ0) is 37.7. The third-order valence-electron chi connectivity index (χ3n) is 11.5. The lowest BCUT2D eigenvalue weighted by atomic mass is 10.00. The highest BCUT2D eigenvalue weighted by Gasteiger charge is 2.26. The number of fused-ring (bicyclic) bond motifs is 7. The van der Waals surface area contributed by atoms with E-state index in [0.717, 1.165) is 55.4 Å². The van der Waals surface area contributed by atoms with Gasteiger partial charge in [0.15, 0.2) is 6.17 Å². The van der Waals surface area contributed by atoms with E-state index in [0.29, 0.717) is 0 Å². The molecule has 1 fully saturated rings. The number of hydrogen-bond acceptors (Lipinski definition) is 3. The van der Waals surface area contributed by atoms with E-state index >= 15 is 0 Å². The molecule has 0 aliphatic carbocycles. The molecule has 3 atom stereocenters. The van der Waals surface area contributed by atoms with Gasteiger partial charge in [-0.25, -0.2) is 4.98 Å². The molecule has 3 unspecified atom stereocenters. The van der Waals surface area contributed by atoms with Crippen molar-refractivity contribution in [2.24, 2.45) is 0 Å². The van der Waals surface area contributed by atoms with Crippen molar-refractivity contribution in [3.8, 4) is 28.2 Å². The Labute approximate surface area is 330 Å². The molecule has 1 aliphatic heterocycles. The zero-order valence-electron chi connectivity index (χ0n) is 31.1. The molecule has 11 rings (SSSR count). The van der Waals surface area contributed by atoms with Crippen molar-refractivity contribution >= 4 is 43.4 Å². The second-order valence-corrected chi connectivity index (χ2v) is 14.8. The van der Waals surface area contributed by atoms with E-state index in [1.165, 1.54) is 32.8 Å². The van der Waals surface area contributed by atoms with Crippen LogP contribution in [-0.4, -0.2) is 14.5 Å². The van der Waals surface area contributed by atoms with Crippen molar-refractivity contribution in [3.63, 3.8) is 0 Å². The van der Waals surface area contributed by atoms with E-state index in [1.807, 2.05) is 12.4 Å². The average molecular weight is 735 g/mol. The summed E-state index contributed by atoms with van der Waals surface area (Å²) < 4.78 is 2.35. The third-order valence-corrected chi connectivity index (χ3v) is 11.5. The number of nitrogens with two attached hydrogens (primary N) is 1. The molecule has 57 heavy (non-hydrogen) atoms. The maximum absolute atomic E-state index is 5.48. The minimum Gasteiger partial charge on any atom is -0.587 e. The van der Waals surface area contributed by atoms with E-state index in [-0.39, 0.29) is 18.5 Å². The van der Waals surface area contributed by atoms with Crippen LogP contribution >= 0.6 is 0 Å². The molecule has 10 aromatic rings. The maximum atomic E-state index is 5.48. The van der Waals surface area contributed by atoms with Crippen molar-refractivity contribution in [1.82, 2.24) is 19.9 Å². The second-order valence-electron chi connectivity index (χ2n) is 14.8. The first-order chi connectivity index (χ1) is 28.3. The molecule has 3 N–H and O–H groups in total. The lowest BCUT2D eigenvalue weighted by Crippen LogP contribution is -2.91. The van der Waals surface area contributed by atoms with Gasteiger partial charge in [-0.15, -0.1) is 0 Å². The van der Waals surface area contributed by atoms with E-state index < -0.39 is 0 Å². The third kappa shape index (κ3) is 5.86. The molecule has 0 amide bonds. The van der Waals surface area contributed by atoms with Crippen LogP contribution in [0.4, 0.5) is 0 Å². The first kappa shape index (κ1) is 33.4. The summed E-state index contributed by atoms with van der Waals surface area (Å²) in [4.78, 5) is 10.0. The van der Waals surface area contributed by atoms with Gasteiger partial charge in [-0.3, -0.25) is 14.9 Å². The topological polar surface area (TPSA) is 73.5 Å². The van der Waals surface area contributed by atoms with E-state index in [1.54, 1.807) is 0 Å². The summed E-state index contributed by atoms with van der Waals surface area (Å²) in [6.07, 6.45) is 3.75. The van der Waals surface area contributed by atoms with Crippen LogP contribution < -0.4 is 10.6 Å². The standard InChI is InChI=1S/C51H37N6/c1-3-13-36(14-4-1)48-54-49(37-15-5-2-6-16-37)56-50(55-48)38-24-22-33(23-25-38)34-26-28-39(29-27-34)57-47-43-20-10-9-19-41(43)42-30-31-52-32-45(42)46(47)53-51(57)44-21-11-17-35-12-7-8-18-40(35)44/h1-32,48-50,55-56H/q-1/p+1. The summed E-state index contributed by atoms with van der Waals surface area (Å²) in [6, 6.07) is 64.8. The summed E-state index contributed by atoms with van der Waals surface area (Å²) in [5.74, 6) is 0.908. The number of rotatable bonds is 6. The fraction of sp³-hybridized carbons (Fsp3) is 0.0588. The summed E-state index contributed by atoms with van der Waals surface area (Å²) >= 11 is 0. The van der Waals surface area contributed by atoms with Crippen molar-refractivity contribution < 1.29 is 5.32 Å². The average Bonchev–Trinajstić information content (AvgIpc) is 3.70. The van der Waals surface area contributed by atoms with Crippen LogP contribution in [-0.2, 0) is 0 Å². The van der Waals surface area contributed by atoms with Crippen LogP contribution in [0.5, 0.6) is 0 Å². The van der Waals surface area contributed by atoms with Gasteiger partial charge in [-0.05, 0) is 62.6 Å². The Morgan fingerprint density at radius 1 is 0.526 bits per heavy atom. The second kappa shape index (κ2) is 14.0. The molecular formula is C51H38N6. The smallest absolute Gasteiger partial charge is 0.164 e. The predicted molar refractivity (Wildman–Crippen MR) is 232 cm³/mol. The van der Waals surface area contributed by atoms with Gasteiger partial charge in [0.25, 0.3) is 0 Å². The van der Waals surface area contributed by atoms with Gasteiger partial charge >= 0.3 is 0 Å². The quantitative estimate of drug-likeness (QED) is 0.167. The number of aromatic nitrogens is 3. The van der Waals surface area contributed by atoms with Gasteiger partial charge in [0, 0.05) is 46.1 Å². The van der Waals surface area contributed by atoms with Crippen LogP contribution in [0.2, 0.25) is 0 Å². The van der Waals surface area contributed by atoms with Gasteiger partial charge in [0.1, 0.15) is 5.82 Å². The molecule has 8 aromatic carbocycles. The largest absolute Gasteiger partial charge is 0.587 e. The summed E-state index contributed by atoms with van der Waals surface area (Å²) in [5, 5.41) is 18.2. The Morgan fingerprint density at radius 3 is 1.93 bits per heavy atom. The SMILES string of the molecule is c1ccc(C2[N-]C(c3ccccc3)[NH2+]C(c3ccc(-c4ccc(-n5c(-c6cccc7ccccc67)nc6c7cnccc7c7ccccc7c65)cc4)cc3)N2)cc1. The molecule has 0 radical (unpaired) electrons. The first-order valence-corrected chi connectivity index (χ1v) is 19.5. The van der Waals surface area contributed by atoms with Gasteiger partial charge in [0.2, 0.25) is 0 Å². The van der Waals surface area contributed by atoms with Crippen LogP contribution in [0.1, 0.15) is 35.2 Å². The number of benzene rings is 8. The van der Waals surface area contributed by atoms with Gasteiger partial charge < -0.3 is 10.6 Å². The Kier molecular flexibility index (Phi) is 8.18. The Balaban J connectivity index is 0.989. The summed E-state index contributed by atoms with van der Waals surface area (Å²) in [7, 11) is 0. The number of quaternary nitrogens is 1. The number of nitrogens with one attached hydrogen (secondary N) is 1. The molecule has 1 aliphatic rings. The Morgan fingerprint density at radius 2 is 1.16 bits per heavy atom. The lowest BCUT2D eigenvalue weighted by molar-refractivity contribution is -0.740. The summed E-state index contributed by atoms with van der Waals surface area (Å²) in [5.41, 5.74) is 10.1. The van der Waals surface area contributed by atoms with Crippen LogP contribution in [0.25, 0.3) is 76.9 Å². The predicted octanol–water partition coefficient (Wildman–Crippen LogP) is 11.2. The first-order valence-electron chi connectivity index (χ1n) is 19.5. The van der Waals surface area contributed by atoms with E-state index in [4.69, 9.17) is 10.3 Å². The van der Waals surface area contributed by atoms with Gasteiger partial charge in [-0.1, -0.05) is 169 Å². The summed E-state index contributed by atoms with van der Waals surface area (Å²) in [6.45, 7) is 0. The van der Waals surface area contributed by atoms with Crippen molar-refractivity contribution in [1.29, 1.82) is 0 Å². The van der Waals surface area contributed by atoms with E-state index in [2.05, 4.69) is 202 Å². The highest BCUT2D eigenvalue weighted by molar-refractivity contribution is 6.24. The highest BCUT2D eigenvalue weighted by atomic mass is 15.4. The minimum atomic E-state index is -0.108. The van der Waals surface area contributed by atoms with Crippen molar-refractivity contribution in [3.05, 3.63) is 216 Å². The molecule has 6 heteroatoms. The molecular weight excluding hydrogens is 697 g/mol. The van der Waals surface area contributed by atoms with Gasteiger partial charge in [0.05, 0.1) is 11.0 Å². The molecule has 1 saturated heterocycles. The lowest BCUT2D eigenvalue weighted by Gasteiger charge is -2.47. The highest BCUT2D eigenvalue weighted by Crippen LogP contribution is 2.41. The maximum Gasteiger partial charge on any atom is 0.164 e. The molecule has 2 aromatic heterocycles. The van der Waals surface area contributed by atoms with E-state index in [9.17, 15) is 0 Å². The number of imidazole rings is 1. The Hall–Kier alpha value is -6.96. The fourth-order valence-electron chi connectivity index (χ4n) is 8.67. The molecule has 272 valence electrons. The van der Waals surface area contributed by atoms with Crippen LogP contribution in [0.3, 0.4) is 0 Å². The molecule has 3 heterocycles. The Bertz CT molecular complexity index is 3000. The zero-order valence-corrected chi connectivity index (χ0v) is 31.1. The number of hydrogen-bond donors (Lipinski definition) is 2. The van der Waals surface area contributed by atoms with Crippen molar-refractivity contribution in [2.75, 3.05) is 0 Å². The normalized spacial score (nSPS) is 17.1. The van der Waals surface area contributed by atoms with Gasteiger partial charge in [-0.2, -0.15) is 0 Å². The molecule has 0 spiro atoms. The van der Waals surface area contributed by atoms with Crippen molar-refractivity contribution in [2.45, 2.75) is 18.5 Å². The minimum absolute atomic E-state index is 0.0146. The van der Waals surface area contributed by atoms with Crippen LogP contribution in [0, 0.1) is 0 Å². The van der Waals surface area contributed by atoms with Crippen LogP contribution in [0.15, 0.2) is 194 Å².